The molecule has 1 atom stereocenters. The van der Waals surface area contributed by atoms with E-state index >= 15 is 0 Å². The van der Waals surface area contributed by atoms with Crippen LogP contribution in [0.5, 0.6) is 0 Å². The van der Waals surface area contributed by atoms with Gasteiger partial charge in [-0.2, -0.15) is 0 Å². The molecule has 0 aliphatic rings. The van der Waals surface area contributed by atoms with Crippen LogP contribution in [0.15, 0.2) is 12.4 Å². The molecule has 18 heavy (non-hydrogen) atoms. The summed E-state index contributed by atoms with van der Waals surface area (Å²) in [5, 5.41) is 2.88. The van der Waals surface area contributed by atoms with Crippen molar-refractivity contribution < 1.29 is 4.79 Å². The van der Waals surface area contributed by atoms with E-state index in [1.807, 2.05) is 38.6 Å². The van der Waals surface area contributed by atoms with Crippen LogP contribution in [0, 0.1) is 5.41 Å². The van der Waals surface area contributed by atoms with Gasteiger partial charge in [0.2, 0.25) is 5.91 Å². The molecule has 5 nitrogen and oxygen atoms in total. The van der Waals surface area contributed by atoms with Crippen molar-refractivity contribution in [1.82, 2.24) is 14.9 Å². The summed E-state index contributed by atoms with van der Waals surface area (Å²) in [4.78, 5) is 15.9. The molecule has 1 amide bonds. The molecule has 0 spiro atoms. The molecule has 102 valence electrons. The van der Waals surface area contributed by atoms with E-state index in [1.54, 1.807) is 6.20 Å². The van der Waals surface area contributed by atoms with E-state index in [0.717, 1.165) is 12.2 Å². The van der Waals surface area contributed by atoms with Gasteiger partial charge in [-0.05, 0) is 5.41 Å². The number of rotatable bonds is 5. The first kappa shape index (κ1) is 14.7. The molecule has 1 aromatic rings. The fourth-order valence-corrected chi connectivity index (χ4v) is 1.53. The lowest BCUT2D eigenvalue weighted by Crippen LogP contribution is -2.40. The summed E-state index contributed by atoms with van der Waals surface area (Å²) in [5.41, 5.74) is 5.92. The number of amides is 1. The molecular weight excluding hydrogens is 228 g/mol. The highest BCUT2D eigenvalue weighted by Crippen LogP contribution is 2.19. The fourth-order valence-electron chi connectivity index (χ4n) is 1.53. The number of nitrogens with two attached hydrogens (primary N) is 1. The number of aryl methyl sites for hydroxylation is 1. The summed E-state index contributed by atoms with van der Waals surface area (Å²) < 4.78 is 1.95. The summed E-state index contributed by atoms with van der Waals surface area (Å²) in [5.74, 6) is 0.974. The standard InChI is InChI=1S/C13H24N4O/c1-13(2,3)10(14)9-12(18)16-6-5-11-15-7-8-17(11)4/h7-8,10H,5-6,9,14H2,1-4H3,(H,16,18). The van der Waals surface area contributed by atoms with Crippen LogP contribution in [0.4, 0.5) is 0 Å². The Morgan fingerprint density at radius 1 is 1.56 bits per heavy atom. The Hall–Kier alpha value is -1.36. The molecule has 1 heterocycles. The first-order valence-electron chi connectivity index (χ1n) is 6.29. The Bertz CT molecular complexity index is 392. The van der Waals surface area contributed by atoms with E-state index in [4.69, 9.17) is 5.73 Å². The maximum Gasteiger partial charge on any atom is 0.221 e. The highest BCUT2D eigenvalue weighted by molar-refractivity contribution is 5.76. The molecule has 0 aliphatic carbocycles. The maximum atomic E-state index is 11.7. The van der Waals surface area contributed by atoms with Crippen molar-refractivity contribution in [2.45, 2.75) is 39.7 Å². The van der Waals surface area contributed by atoms with Crippen LogP contribution in [0.3, 0.4) is 0 Å². The van der Waals surface area contributed by atoms with Crippen LogP contribution in [0.1, 0.15) is 33.0 Å². The maximum absolute atomic E-state index is 11.7. The molecular formula is C13H24N4O. The number of hydrogen-bond acceptors (Lipinski definition) is 3. The SMILES string of the molecule is Cn1ccnc1CCNC(=O)CC(N)C(C)(C)C. The molecule has 0 bridgehead atoms. The summed E-state index contributed by atoms with van der Waals surface area (Å²) in [7, 11) is 1.94. The number of nitrogens with zero attached hydrogens (tertiary/aromatic N) is 2. The highest BCUT2D eigenvalue weighted by Gasteiger charge is 2.22. The topological polar surface area (TPSA) is 72.9 Å². The quantitative estimate of drug-likeness (QED) is 0.815. The minimum atomic E-state index is -0.120. The van der Waals surface area contributed by atoms with Gasteiger partial charge in [-0.25, -0.2) is 4.98 Å². The van der Waals surface area contributed by atoms with Crippen molar-refractivity contribution in [3.05, 3.63) is 18.2 Å². The lowest BCUT2D eigenvalue weighted by molar-refractivity contribution is -0.121. The van der Waals surface area contributed by atoms with Crippen LogP contribution >= 0.6 is 0 Å². The Morgan fingerprint density at radius 3 is 2.72 bits per heavy atom. The minimum Gasteiger partial charge on any atom is -0.356 e. The van der Waals surface area contributed by atoms with Gasteiger partial charge in [0.25, 0.3) is 0 Å². The van der Waals surface area contributed by atoms with Gasteiger partial charge in [0.05, 0.1) is 0 Å². The Labute approximate surface area is 109 Å². The number of aromatic nitrogens is 2. The molecule has 0 radical (unpaired) electrons. The van der Waals surface area contributed by atoms with E-state index in [1.165, 1.54) is 0 Å². The van der Waals surface area contributed by atoms with E-state index in [2.05, 4.69) is 10.3 Å². The third-order valence-corrected chi connectivity index (χ3v) is 3.11. The van der Waals surface area contributed by atoms with Crippen LogP contribution in [-0.4, -0.2) is 28.0 Å². The van der Waals surface area contributed by atoms with Gasteiger partial charge in [-0.1, -0.05) is 20.8 Å². The van der Waals surface area contributed by atoms with Crippen LogP contribution in [-0.2, 0) is 18.3 Å². The van der Waals surface area contributed by atoms with Gasteiger partial charge in [0.1, 0.15) is 5.82 Å². The number of carbonyl (C=O) groups is 1. The van der Waals surface area contributed by atoms with Gasteiger partial charge in [0, 0.05) is 44.9 Å². The zero-order valence-electron chi connectivity index (χ0n) is 11.7. The van der Waals surface area contributed by atoms with E-state index in [9.17, 15) is 4.79 Å². The van der Waals surface area contributed by atoms with Crippen LogP contribution in [0.25, 0.3) is 0 Å². The van der Waals surface area contributed by atoms with Crippen molar-refractivity contribution in [3.8, 4) is 0 Å². The minimum absolute atomic E-state index is 0.00614. The summed E-state index contributed by atoms with van der Waals surface area (Å²) >= 11 is 0. The third-order valence-electron chi connectivity index (χ3n) is 3.11. The predicted octanol–water partition coefficient (Wildman–Crippen LogP) is 0.842. The van der Waals surface area contributed by atoms with Gasteiger partial charge < -0.3 is 15.6 Å². The average Bonchev–Trinajstić information content (AvgIpc) is 2.63. The number of nitrogens with one attached hydrogen (secondary N) is 1. The number of carbonyl (C=O) groups excluding carboxylic acids is 1. The van der Waals surface area contributed by atoms with Crippen molar-refractivity contribution in [2.75, 3.05) is 6.54 Å². The molecule has 0 saturated heterocycles. The zero-order chi connectivity index (χ0) is 13.8. The smallest absolute Gasteiger partial charge is 0.221 e. The number of imidazole rings is 1. The van der Waals surface area contributed by atoms with Crippen molar-refractivity contribution in [3.63, 3.8) is 0 Å². The van der Waals surface area contributed by atoms with Gasteiger partial charge in [-0.15, -0.1) is 0 Å². The molecule has 3 N–H and O–H groups in total. The zero-order valence-corrected chi connectivity index (χ0v) is 11.7. The largest absolute Gasteiger partial charge is 0.356 e. The van der Waals surface area contributed by atoms with Crippen LogP contribution < -0.4 is 11.1 Å². The van der Waals surface area contributed by atoms with Crippen molar-refractivity contribution in [2.24, 2.45) is 18.2 Å². The van der Waals surface area contributed by atoms with Crippen molar-refractivity contribution in [1.29, 1.82) is 0 Å². The fraction of sp³-hybridized carbons (Fsp3) is 0.692. The molecule has 0 aromatic carbocycles. The highest BCUT2D eigenvalue weighted by atomic mass is 16.1. The van der Waals surface area contributed by atoms with Crippen LogP contribution in [0.2, 0.25) is 0 Å². The normalized spacial score (nSPS) is 13.4. The molecule has 0 aliphatic heterocycles. The Kier molecular flexibility index (Phi) is 4.90. The van der Waals surface area contributed by atoms with E-state index in [-0.39, 0.29) is 17.4 Å². The summed E-state index contributed by atoms with van der Waals surface area (Å²) in [6.45, 7) is 6.72. The molecule has 1 unspecified atom stereocenters. The van der Waals surface area contributed by atoms with E-state index in [0.29, 0.717) is 13.0 Å². The summed E-state index contributed by atoms with van der Waals surface area (Å²) in [6.07, 6.45) is 4.75. The molecule has 1 aromatic heterocycles. The van der Waals surface area contributed by atoms with E-state index < -0.39 is 0 Å². The number of hydrogen-bond donors (Lipinski definition) is 2. The first-order valence-corrected chi connectivity index (χ1v) is 6.29. The molecule has 1 rings (SSSR count). The second kappa shape index (κ2) is 6.00. The second-order valence-electron chi connectivity index (χ2n) is 5.73. The molecule has 5 heteroatoms. The second-order valence-corrected chi connectivity index (χ2v) is 5.73. The average molecular weight is 252 g/mol. The third kappa shape index (κ3) is 4.49. The molecule has 0 fully saturated rings. The van der Waals surface area contributed by atoms with Crippen molar-refractivity contribution >= 4 is 5.91 Å². The molecule has 0 saturated carbocycles. The summed E-state index contributed by atoms with van der Waals surface area (Å²) in [6, 6.07) is -0.120. The first-order chi connectivity index (χ1) is 8.30. The lowest BCUT2D eigenvalue weighted by atomic mass is 9.85. The monoisotopic (exact) mass is 252 g/mol. The van der Waals surface area contributed by atoms with Gasteiger partial charge >= 0.3 is 0 Å². The lowest BCUT2D eigenvalue weighted by Gasteiger charge is -2.26. The predicted molar refractivity (Wildman–Crippen MR) is 72.0 cm³/mol. The van der Waals surface area contributed by atoms with Gasteiger partial charge in [0.15, 0.2) is 0 Å². The Morgan fingerprint density at radius 2 is 2.22 bits per heavy atom. The Balaban J connectivity index is 2.28. The van der Waals surface area contributed by atoms with Gasteiger partial charge in [-0.3, -0.25) is 4.79 Å².